The monoisotopic (exact) mass is 357 g/mol. The molecule has 0 atom stereocenters. The van der Waals surface area contributed by atoms with Gasteiger partial charge in [0, 0.05) is 31.5 Å². The summed E-state index contributed by atoms with van der Waals surface area (Å²) < 4.78 is 6.99. The van der Waals surface area contributed by atoms with Crippen molar-refractivity contribution in [3.05, 3.63) is 32.7 Å². The molecule has 1 saturated carbocycles. The molecule has 1 fully saturated rings. The van der Waals surface area contributed by atoms with Crippen LogP contribution in [0, 0.1) is 12.8 Å². The van der Waals surface area contributed by atoms with Gasteiger partial charge in [0.2, 0.25) is 5.78 Å². The van der Waals surface area contributed by atoms with Crippen LogP contribution < -0.4 is 11.2 Å². The maximum atomic E-state index is 13.1. The first-order valence-corrected chi connectivity index (χ1v) is 9.59. The van der Waals surface area contributed by atoms with E-state index in [0.29, 0.717) is 23.8 Å². The smallest absolute Gasteiger partial charge is 0.311 e. The quantitative estimate of drug-likeness (QED) is 0.724. The number of hydrogen-bond donors (Lipinski definition) is 0. The van der Waals surface area contributed by atoms with Gasteiger partial charge < -0.3 is 4.57 Å². The zero-order valence-corrected chi connectivity index (χ0v) is 16.0. The van der Waals surface area contributed by atoms with Crippen molar-refractivity contribution in [1.82, 2.24) is 23.1 Å². The van der Waals surface area contributed by atoms with Crippen LogP contribution in [0.3, 0.4) is 0 Å². The molecule has 0 saturated heterocycles. The summed E-state index contributed by atoms with van der Waals surface area (Å²) in [6.45, 7) is 6.50. The van der Waals surface area contributed by atoms with Crippen molar-refractivity contribution in [2.45, 2.75) is 65.5 Å². The largest absolute Gasteiger partial charge is 0.332 e. The molecular formula is C19H27N5O2. The van der Waals surface area contributed by atoms with Gasteiger partial charge in [-0.15, -0.1) is 0 Å². The van der Waals surface area contributed by atoms with Crippen LogP contribution in [0.4, 0.5) is 0 Å². The Hall–Kier alpha value is -2.31. The molecular weight excluding hydrogens is 330 g/mol. The lowest BCUT2D eigenvalue weighted by Crippen LogP contribution is -2.40. The minimum absolute atomic E-state index is 0.217. The van der Waals surface area contributed by atoms with E-state index < -0.39 is 0 Å². The first-order chi connectivity index (χ1) is 12.4. The van der Waals surface area contributed by atoms with Crippen LogP contribution in [0.1, 0.15) is 57.7 Å². The first-order valence-electron chi connectivity index (χ1n) is 9.59. The van der Waals surface area contributed by atoms with Crippen molar-refractivity contribution in [3.63, 3.8) is 0 Å². The molecule has 140 valence electrons. The molecule has 26 heavy (non-hydrogen) atoms. The molecule has 3 aromatic rings. The van der Waals surface area contributed by atoms with Gasteiger partial charge in [-0.3, -0.25) is 18.3 Å². The molecule has 0 unspecified atom stereocenters. The second kappa shape index (κ2) is 6.14. The standard InChI is InChI=1S/C19H27N5O2/c1-12(2)10-23-17(25)15-16(21(4)19(23)26)20-18-22(15)11-13(3)24(18)14-8-6-5-7-9-14/h11-12,14H,5-10H2,1-4H3. The van der Waals surface area contributed by atoms with Gasteiger partial charge in [-0.05, 0) is 25.7 Å². The third-order valence-electron chi connectivity index (χ3n) is 5.56. The molecule has 3 heterocycles. The molecule has 1 aliphatic carbocycles. The van der Waals surface area contributed by atoms with E-state index in [1.165, 1.54) is 28.4 Å². The molecule has 0 N–H and O–H groups in total. The van der Waals surface area contributed by atoms with E-state index in [1.54, 1.807) is 7.05 Å². The lowest BCUT2D eigenvalue weighted by Gasteiger charge is -2.24. The Bertz CT molecular complexity index is 1090. The summed E-state index contributed by atoms with van der Waals surface area (Å²) in [4.78, 5) is 30.5. The van der Waals surface area contributed by atoms with Crippen LogP contribution in [0.15, 0.2) is 15.8 Å². The highest BCUT2D eigenvalue weighted by atomic mass is 16.2. The number of imidazole rings is 2. The average Bonchev–Trinajstić information content (AvgIpc) is 3.12. The van der Waals surface area contributed by atoms with E-state index in [2.05, 4.69) is 11.5 Å². The minimum atomic E-state index is -0.294. The number of fused-ring (bicyclic) bond motifs is 3. The van der Waals surface area contributed by atoms with Crippen LogP contribution in [-0.4, -0.2) is 23.1 Å². The third-order valence-corrected chi connectivity index (χ3v) is 5.56. The summed E-state index contributed by atoms with van der Waals surface area (Å²) in [5.74, 6) is 0.994. The van der Waals surface area contributed by atoms with Crippen LogP contribution in [0.5, 0.6) is 0 Å². The molecule has 0 aliphatic heterocycles. The number of aromatic nitrogens is 5. The summed E-state index contributed by atoms with van der Waals surface area (Å²) in [7, 11) is 1.70. The van der Waals surface area contributed by atoms with E-state index >= 15 is 0 Å². The number of aryl methyl sites for hydroxylation is 2. The topological polar surface area (TPSA) is 66.2 Å². The Morgan fingerprint density at radius 1 is 1.19 bits per heavy atom. The van der Waals surface area contributed by atoms with E-state index in [4.69, 9.17) is 4.98 Å². The molecule has 0 amide bonds. The highest BCUT2D eigenvalue weighted by Crippen LogP contribution is 2.31. The van der Waals surface area contributed by atoms with E-state index in [0.717, 1.165) is 24.3 Å². The fourth-order valence-corrected chi connectivity index (χ4v) is 4.34. The molecule has 7 heteroatoms. The minimum Gasteiger partial charge on any atom is -0.311 e. The Kier molecular flexibility index (Phi) is 4.04. The lowest BCUT2D eigenvalue weighted by molar-refractivity contribution is 0.355. The van der Waals surface area contributed by atoms with E-state index in [-0.39, 0.29) is 17.2 Å². The molecule has 1 aliphatic rings. The molecule has 0 aromatic carbocycles. The van der Waals surface area contributed by atoms with Crippen molar-refractivity contribution in [1.29, 1.82) is 0 Å². The Morgan fingerprint density at radius 3 is 2.54 bits per heavy atom. The van der Waals surface area contributed by atoms with Crippen LogP contribution in [0.25, 0.3) is 16.9 Å². The molecule has 0 bridgehead atoms. The Balaban J connectivity index is 2.03. The SMILES string of the molecule is Cc1cn2c3c(=O)n(CC(C)C)c(=O)n(C)c3nc2n1C1CCCCC1. The van der Waals surface area contributed by atoms with Crippen molar-refractivity contribution in [3.8, 4) is 0 Å². The normalized spacial score (nSPS) is 16.3. The van der Waals surface area contributed by atoms with E-state index in [9.17, 15) is 9.59 Å². The van der Waals surface area contributed by atoms with E-state index in [1.807, 2.05) is 24.4 Å². The van der Waals surface area contributed by atoms with Crippen LogP contribution >= 0.6 is 0 Å². The number of nitrogens with zero attached hydrogens (tertiary/aromatic N) is 5. The fourth-order valence-electron chi connectivity index (χ4n) is 4.34. The van der Waals surface area contributed by atoms with Gasteiger partial charge in [-0.2, -0.15) is 4.98 Å². The van der Waals surface area contributed by atoms with Gasteiger partial charge in [-0.1, -0.05) is 33.1 Å². The van der Waals surface area contributed by atoms with Crippen molar-refractivity contribution >= 4 is 16.9 Å². The van der Waals surface area contributed by atoms with Crippen molar-refractivity contribution in [2.24, 2.45) is 13.0 Å². The van der Waals surface area contributed by atoms with Gasteiger partial charge in [0.1, 0.15) is 0 Å². The first kappa shape index (κ1) is 17.1. The maximum absolute atomic E-state index is 13.1. The highest BCUT2D eigenvalue weighted by molar-refractivity contribution is 5.75. The number of rotatable bonds is 3. The molecule has 7 nitrogen and oxygen atoms in total. The summed E-state index contributed by atoms with van der Waals surface area (Å²) >= 11 is 0. The predicted octanol–water partition coefficient (Wildman–Crippen LogP) is 2.62. The molecule has 0 spiro atoms. The molecule has 4 rings (SSSR count). The van der Waals surface area contributed by atoms with Gasteiger partial charge in [0.05, 0.1) is 0 Å². The summed E-state index contributed by atoms with van der Waals surface area (Å²) in [6.07, 6.45) is 8.03. The van der Waals surface area contributed by atoms with Gasteiger partial charge >= 0.3 is 5.69 Å². The lowest BCUT2D eigenvalue weighted by atomic mass is 9.95. The molecule has 0 radical (unpaired) electrons. The fraction of sp³-hybridized carbons (Fsp3) is 0.632. The zero-order chi connectivity index (χ0) is 18.6. The van der Waals surface area contributed by atoms with Crippen LogP contribution in [0.2, 0.25) is 0 Å². The summed E-state index contributed by atoms with van der Waals surface area (Å²) in [5.41, 5.74) is 1.55. The third kappa shape index (κ3) is 2.44. The zero-order valence-electron chi connectivity index (χ0n) is 16.0. The second-order valence-electron chi connectivity index (χ2n) is 8.04. The van der Waals surface area contributed by atoms with Crippen molar-refractivity contribution in [2.75, 3.05) is 0 Å². The van der Waals surface area contributed by atoms with Gasteiger partial charge in [0.25, 0.3) is 5.56 Å². The second-order valence-corrected chi connectivity index (χ2v) is 8.04. The summed E-state index contributed by atoms with van der Waals surface area (Å²) in [6, 6.07) is 0.424. The van der Waals surface area contributed by atoms with Gasteiger partial charge in [-0.25, -0.2) is 4.79 Å². The van der Waals surface area contributed by atoms with Crippen molar-refractivity contribution < 1.29 is 0 Å². The predicted molar refractivity (Wildman–Crippen MR) is 102 cm³/mol. The Morgan fingerprint density at radius 2 is 1.88 bits per heavy atom. The number of hydrogen-bond acceptors (Lipinski definition) is 3. The Labute approximate surface area is 151 Å². The maximum Gasteiger partial charge on any atom is 0.332 e. The highest BCUT2D eigenvalue weighted by Gasteiger charge is 2.24. The van der Waals surface area contributed by atoms with Crippen LogP contribution in [-0.2, 0) is 13.6 Å². The summed E-state index contributed by atoms with van der Waals surface area (Å²) in [5, 5.41) is 0. The van der Waals surface area contributed by atoms with Gasteiger partial charge in [0.15, 0.2) is 11.2 Å². The molecule has 3 aromatic heterocycles. The average molecular weight is 357 g/mol.